The van der Waals surface area contributed by atoms with E-state index in [1.165, 1.54) is 5.56 Å². The zero-order valence-electron chi connectivity index (χ0n) is 16.2. The van der Waals surface area contributed by atoms with Crippen molar-refractivity contribution in [2.24, 2.45) is 0 Å². The molecule has 1 atom stereocenters. The lowest BCUT2D eigenvalue weighted by Gasteiger charge is -2.14. The van der Waals surface area contributed by atoms with Gasteiger partial charge in [0.05, 0.1) is 0 Å². The van der Waals surface area contributed by atoms with Gasteiger partial charge in [-0.15, -0.1) is 0 Å². The Labute approximate surface area is 167 Å². The van der Waals surface area contributed by atoms with Crippen LogP contribution < -0.4 is 10.1 Å². The molecule has 0 saturated heterocycles. The lowest BCUT2D eigenvalue weighted by Crippen LogP contribution is -2.12. The predicted molar refractivity (Wildman–Crippen MR) is 106 cm³/mol. The van der Waals surface area contributed by atoms with Crippen molar-refractivity contribution in [2.75, 3.05) is 5.32 Å². The Kier molecular flexibility index (Phi) is 6.36. The van der Waals surface area contributed by atoms with Gasteiger partial charge in [0.2, 0.25) is 11.8 Å². The molecular weight excluding hydrogens is 379 g/mol. The van der Waals surface area contributed by atoms with E-state index < -0.39 is 17.6 Å². The summed E-state index contributed by atoms with van der Waals surface area (Å²) in [7, 11) is 0. The van der Waals surface area contributed by atoms with Gasteiger partial charge in [0.1, 0.15) is 12.2 Å². The Morgan fingerprint density at radius 2 is 1.72 bits per heavy atom. The first-order valence-electron chi connectivity index (χ1n) is 9.34. The smallest absolute Gasteiger partial charge is 0.423 e. The fourth-order valence-corrected chi connectivity index (χ4v) is 2.72. The number of anilines is 2. The van der Waals surface area contributed by atoms with Gasteiger partial charge in [-0.3, -0.25) is 0 Å². The van der Waals surface area contributed by atoms with E-state index in [0.717, 1.165) is 18.2 Å². The van der Waals surface area contributed by atoms with Gasteiger partial charge in [-0.25, -0.2) is 4.98 Å². The molecule has 0 saturated carbocycles. The van der Waals surface area contributed by atoms with Crippen LogP contribution in [0.15, 0.2) is 60.8 Å². The molecule has 3 aromatic rings. The molecule has 2 aromatic carbocycles. The van der Waals surface area contributed by atoms with Crippen LogP contribution in [0.2, 0.25) is 0 Å². The highest BCUT2D eigenvalue weighted by Crippen LogP contribution is 2.35. The number of hydrogen-bond acceptors (Lipinski definition) is 4. The van der Waals surface area contributed by atoms with Gasteiger partial charge in [0.25, 0.3) is 0 Å². The molecule has 3 rings (SSSR count). The van der Waals surface area contributed by atoms with Gasteiger partial charge in [0.15, 0.2) is 0 Å². The summed E-state index contributed by atoms with van der Waals surface area (Å²) in [4.78, 5) is 7.77. The second-order valence-corrected chi connectivity index (χ2v) is 6.74. The van der Waals surface area contributed by atoms with Gasteiger partial charge in [-0.2, -0.15) is 18.2 Å². The average molecular weight is 401 g/mol. The van der Waals surface area contributed by atoms with E-state index in [0.29, 0.717) is 11.6 Å². The molecular formula is C22H22F3N3O. The first kappa shape index (κ1) is 20.6. The minimum atomic E-state index is -4.61. The number of alkyl halides is 3. The first-order valence-corrected chi connectivity index (χ1v) is 9.34. The highest BCUT2D eigenvalue weighted by Gasteiger charge is 2.36. The summed E-state index contributed by atoms with van der Waals surface area (Å²) in [6.07, 6.45) is -2.84. The molecule has 1 unspecified atom stereocenters. The Bertz CT molecular complexity index is 928. The van der Waals surface area contributed by atoms with Crippen LogP contribution >= 0.6 is 0 Å². The summed E-state index contributed by atoms with van der Waals surface area (Å²) in [6.45, 7) is 4.23. The fourth-order valence-electron chi connectivity index (χ4n) is 2.72. The maximum atomic E-state index is 13.3. The molecule has 7 heteroatoms. The summed E-state index contributed by atoms with van der Waals surface area (Å²) < 4.78 is 45.3. The second kappa shape index (κ2) is 8.94. The molecule has 29 heavy (non-hydrogen) atoms. The Morgan fingerprint density at radius 1 is 1.03 bits per heavy atom. The van der Waals surface area contributed by atoms with Crippen LogP contribution in [-0.4, -0.2) is 9.97 Å². The van der Waals surface area contributed by atoms with E-state index in [1.54, 1.807) is 24.3 Å². The molecule has 152 valence electrons. The van der Waals surface area contributed by atoms with Gasteiger partial charge < -0.3 is 10.1 Å². The molecule has 1 heterocycles. The van der Waals surface area contributed by atoms with Crippen LogP contribution in [0.3, 0.4) is 0 Å². The second-order valence-electron chi connectivity index (χ2n) is 6.74. The van der Waals surface area contributed by atoms with Crippen LogP contribution in [0, 0.1) is 0 Å². The van der Waals surface area contributed by atoms with Gasteiger partial charge >= 0.3 is 6.18 Å². The Balaban J connectivity index is 1.80. The lowest BCUT2D eigenvalue weighted by molar-refractivity contribution is -0.139. The monoisotopic (exact) mass is 401 g/mol. The minimum absolute atomic E-state index is 0.0238. The van der Waals surface area contributed by atoms with Crippen molar-refractivity contribution in [2.45, 2.75) is 39.0 Å². The Morgan fingerprint density at radius 3 is 2.34 bits per heavy atom. The molecule has 0 spiro atoms. The number of nitrogens with zero attached hydrogens (tertiary/aromatic N) is 2. The summed E-state index contributed by atoms with van der Waals surface area (Å²) >= 11 is 0. The molecule has 4 nitrogen and oxygen atoms in total. The van der Waals surface area contributed by atoms with Crippen LogP contribution in [0.5, 0.6) is 5.88 Å². The number of benzene rings is 2. The third-order valence-electron chi connectivity index (χ3n) is 4.63. The summed E-state index contributed by atoms with van der Waals surface area (Å²) in [6, 6.07) is 16.6. The maximum Gasteiger partial charge on any atom is 0.423 e. The zero-order chi connectivity index (χ0) is 20.9. The Hall–Kier alpha value is -3.09. The van der Waals surface area contributed by atoms with Crippen molar-refractivity contribution in [1.82, 2.24) is 9.97 Å². The van der Waals surface area contributed by atoms with Crippen LogP contribution in [0.4, 0.5) is 24.8 Å². The molecule has 0 aliphatic carbocycles. The fraction of sp³-hybridized carbons (Fsp3) is 0.273. The van der Waals surface area contributed by atoms with Crippen molar-refractivity contribution in [3.05, 3.63) is 77.5 Å². The van der Waals surface area contributed by atoms with Crippen LogP contribution in [-0.2, 0) is 12.8 Å². The number of ether oxygens (including phenoxy) is 1. The number of halogens is 3. The number of hydrogen-bond donors (Lipinski definition) is 1. The third kappa shape index (κ3) is 5.47. The molecule has 0 aliphatic rings. The summed E-state index contributed by atoms with van der Waals surface area (Å²) in [5, 5.41) is 2.94. The molecule has 0 bridgehead atoms. The average Bonchev–Trinajstić information content (AvgIpc) is 2.72. The summed E-state index contributed by atoms with van der Waals surface area (Å²) in [5.74, 6) is -0.0308. The highest BCUT2D eigenvalue weighted by molar-refractivity contribution is 5.54. The third-order valence-corrected chi connectivity index (χ3v) is 4.63. The van der Waals surface area contributed by atoms with Crippen molar-refractivity contribution >= 4 is 11.6 Å². The standard InChI is InChI=1S/C22H22F3N3O/c1-3-15(2)17-9-11-18(12-10-17)27-21-26-13-19(22(23,24)25)20(28-21)29-14-16-7-5-4-6-8-16/h4-13,15H,3,14H2,1-2H3,(H,26,27,28). The van der Waals surface area contributed by atoms with Gasteiger partial charge in [-0.05, 0) is 35.6 Å². The molecule has 1 aromatic heterocycles. The molecule has 0 fully saturated rings. The van der Waals surface area contributed by atoms with Crippen LogP contribution in [0.25, 0.3) is 0 Å². The lowest BCUT2D eigenvalue weighted by atomic mass is 9.99. The van der Waals surface area contributed by atoms with Crippen molar-refractivity contribution in [1.29, 1.82) is 0 Å². The molecule has 0 amide bonds. The van der Waals surface area contributed by atoms with Crippen molar-refractivity contribution in [3.63, 3.8) is 0 Å². The predicted octanol–water partition coefficient (Wildman–Crippen LogP) is 6.33. The highest BCUT2D eigenvalue weighted by atomic mass is 19.4. The van der Waals surface area contributed by atoms with E-state index in [-0.39, 0.29) is 12.6 Å². The SMILES string of the molecule is CCC(C)c1ccc(Nc2ncc(C(F)(F)F)c(OCc3ccccc3)n2)cc1. The minimum Gasteiger partial charge on any atom is -0.472 e. The van der Waals surface area contributed by atoms with E-state index in [1.807, 2.05) is 30.3 Å². The largest absolute Gasteiger partial charge is 0.472 e. The normalized spacial score (nSPS) is 12.4. The number of nitrogens with one attached hydrogen (secondary N) is 1. The quantitative estimate of drug-likeness (QED) is 0.502. The van der Waals surface area contributed by atoms with E-state index in [2.05, 4.69) is 29.1 Å². The van der Waals surface area contributed by atoms with E-state index in [4.69, 9.17) is 4.74 Å². The van der Waals surface area contributed by atoms with Crippen molar-refractivity contribution in [3.8, 4) is 5.88 Å². The molecule has 1 N–H and O–H groups in total. The molecule has 0 radical (unpaired) electrons. The van der Waals surface area contributed by atoms with E-state index >= 15 is 0 Å². The van der Waals surface area contributed by atoms with Gasteiger partial charge in [0, 0.05) is 11.9 Å². The number of rotatable bonds is 7. The zero-order valence-corrected chi connectivity index (χ0v) is 16.2. The number of aromatic nitrogens is 2. The van der Waals surface area contributed by atoms with Crippen molar-refractivity contribution < 1.29 is 17.9 Å². The van der Waals surface area contributed by atoms with E-state index in [9.17, 15) is 13.2 Å². The first-order chi connectivity index (χ1) is 13.9. The summed E-state index contributed by atoms with van der Waals surface area (Å²) in [5.41, 5.74) is 1.62. The topological polar surface area (TPSA) is 47.0 Å². The molecule has 0 aliphatic heterocycles. The van der Waals surface area contributed by atoms with Gasteiger partial charge in [-0.1, -0.05) is 56.3 Å². The maximum absolute atomic E-state index is 13.3. The van der Waals surface area contributed by atoms with Crippen LogP contribution in [0.1, 0.15) is 42.9 Å².